The van der Waals surface area contributed by atoms with Crippen LogP contribution < -0.4 is 0 Å². The molecular weight excluding hydrogens is 212 g/mol. The predicted molar refractivity (Wildman–Crippen MR) is 70.7 cm³/mol. The fourth-order valence-corrected chi connectivity index (χ4v) is 2.00. The van der Waals surface area contributed by atoms with Crippen molar-refractivity contribution < 1.29 is 9.90 Å². The Bertz CT molecular complexity index is 324. The van der Waals surface area contributed by atoms with Crippen molar-refractivity contribution in [1.82, 2.24) is 0 Å². The Hall–Kier alpha value is -0.890. The molecule has 1 aliphatic carbocycles. The van der Waals surface area contributed by atoms with E-state index in [2.05, 4.69) is 26.8 Å². The number of hydrogen-bond acceptors (Lipinski definition) is 2. The first-order valence-corrected chi connectivity index (χ1v) is 6.44. The molecule has 0 saturated carbocycles. The highest BCUT2D eigenvalue weighted by Crippen LogP contribution is 2.26. The molecule has 0 unspecified atom stereocenters. The van der Waals surface area contributed by atoms with Crippen LogP contribution in [0.4, 0.5) is 0 Å². The molecule has 1 N–H and O–H groups in total. The summed E-state index contributed by atoms with van der Waals surface area (Å²) in [7, 11) is 0. The van der Waals surface area contributed by atoms with Crippen molar-refractivity contribution in [2.24, 2.45) is 11.3 Å². The summed E-state index contributed by atoms with van der Waals surface area (Å²) < 4.78 is 0. The SMILES string of the molecule is C/C1=C\CC(C)(C)/C=C/C(=O)[C@H](CO)CCC1. The summed E-state index contributed by atoms with van der Waals surface area (Å²) in [6.45, 7) is 6.37. The Labute approximate surface area is 104 Å². The zero-order valence-corrected chi connectivity index (χ0v) is 11.2. The highest BCUT2D eigenvalue weighted by molar-refractivity contribution is 5.91. The summed E-state index contributed by atoms with van der Waals surface area (Å²) >= 11 is 0. The van der Waals surface area contributed by atoms with E-state index >= 15 is 0 Å². The molecule has 0 aromatic rings. The van der Waals surface area contributed by atoms with Crippen LogP contribution in [-0.2, 0) is 4.79 Å². The Morgan fingerprint density at radius 1 is 1.47 bits per heavy atom. The molecule has 0 aromatic carbocycles. The van der Waals surface area contributed by atoms with Crippen LogP contribution in [0.5, 0.6) is 0 Å². The highest BCUT2D eigenvalue weighted by atomic mass is 16.3. The maximum absolute atomic E-state index is 11.9. The van der Waals surface area contributed by atoms with Crippen LogP contribution in [0.25, 0.3) is 0 Å². The van der Waals surface area contributed by atoms with Crippen LogP contribution in [0.15, 0.2) is 23.8 Å². The minimum Gasteiger partial charge on any atom is -0.396 e. The zero-order valence-electron chi connectivity index (χ0n) is 11.2. The summed E-state index contributed by atoms with van der Waals surface area (Å²) in [4.78, 5) is 11.9. The number of carbonyl (C=O) groups excluding carboxylic acids is 1. The lowest BCUT2D eigenvalue weighted by Gasteiger charge is -2.18. The second kappa shape index (κ2) is 6.15. The Kier molecular flexibility index (Phi) is 5.13. The van der Waals surface area contributed by atoms with Gasteiger partial charge in [-0.1, -0.05) is 31.6 Å². The van der Waals surface area contributed by atoms with Gasteiger partial charge < -0.3 is 5.11 Å². The van der Waals surface area contributed by atoms with Gasteiger partial charge >= 0.3 is 0 Å². The van der Waals surface area contributed by atoms with Gasteiger partial charge in [-0.25, -0.2) is 0 Å². The Morgan fingerprint density at radius 3 is 2.82 bits per heavy atom. The molecule has 2 nitrogen and oxygen atoms in total. The summed E-state index contributed by atoms with van der Waals surface area (Å²) in [5, 5.41) is 9.24. The normalized spacial score (nSPS) is 31.2. The van der Waals surface area contributed by atoms with Crippen molar-refractivity contribution in [3.05, 3.63) is 23.8 Å². The van der Waals surface area contributed by atoms with Gasteiger partial charge in [0.2, 0.25) is 0 Å². The smallest absolute Gasteiger partial charge is 0.160 e. The van der Waals surface area contributed by atoms with Gasteiger partial charge in [-0.2, -0.15) is 0 Å². The van der Waals surface area contributed by atoms with Crippen LogP contribution in [0.3, 0.4) is 0 Å². The third-order valence-corrected chi connectivity index (χ3v) is 3.42. The molecule has 0 spiro atoms. The van der Waals surface area contributed by atoms with Gasteiger partial charge in [0.1, 0.15) is 0 Å². The Morgan fingerprint density at radius 2 is 2.18 bits per heavy atom. The van der Waals surface area contributed by atoms with Crippen molar-refractivity contribution in [3.8, 4) is 0 Å². The van der Waals surface area contributed by atoms with Crippen molar-refractivity contribution in [2.75, 3.05) is 6.61 Å². The minimum atomic E-state index is -0.215. The Balaban J connectivity index is 2.86. The molecule has 0 fully saturated rings. The van der Waals surface area contributed by atoms with Gasteiger partial charge in [-0.05, 0) is 44.1 Å². The molecule has 0 aromatic heterocycles. The van der Waals surface area contributed by atoms with Gasteiger partial charge in [0.05, 0.1) is 6.61 Å². The monoisotopic (exact) mass is 236 g/mol. The van der Waals surface area contributed by atoms with E-state index < -0.39 is 0 Å². The number of aliphatic hydroxyl groups is 1. The van der Waals surface area contributed by atoms with Gasteiger partial charge in [-0.15, -0.1) is 0 Å². The van der Waals surface area contributed by atoms with Gasteiger partial charge in [-0.3, -0.25) is 4.79 Å². The number of rotatable bonds is 1. The van der Waals surface area contributed by atoms with E-state index in [1.165, 1.54) is 5.57 Å². The molecular formula is C15H24O2. The number of aliphatic hydroxyl groups excluding tert-OH is 1. The molecule has 0 aliphatic heterocycles. The first kappa shape index (κ1) is 14.2. The maximum atomic E-state index is 11.9. The van der Waals surface area contributed by atoms with E-state index in [0.29, 0.717) is 0 Å². The van der Waals surface area contributed by atoms with Crippen LogP contribution >= 0.6 is 0 Å². The van der Waals surface area contributed by atoms with E-state index in [9.17, 15) is 9.90 Å². The summed E-state index contributed by atoms with van der Waals surface area (Å²) in [5.41, 5.74) is 1.40. The largest absolute Gasteiger partial charge is 0.396 e. The summed E-state index contributed by atoms with van der Waals surface area (Å²) in [6.07, 6.45) is 9.67. The van der Waals surface area contributed by atoms with Crippen LogP contribution in [0, 0.1) is 11.3 Å². The number of carbonyl (C=O) groups is 1. The summed E-state index contributed by atoms with van der Waals surface area (Å²) in [6, 6.07) is 0. The van der Waals surface area contributed by atoms with Gasteiger partial charge in [0, 0.05) is 5.92 Å². The standard InChI is InChI=1S/C15H24O2/c1-12-5-4-6-13(11-16)14(17)8-10-15(2,3)9-7-12/h7-8,10,13,16H,4-6,9,11H2,1-3H3/b10-8+,12-7+/t13-/m0/s1. The van der Waals surface area contributed by atoms with Crippen LogP contribution in [0.1, 0.15) is 46.5 Å². The molecule has 1 aliphatic rings. The molecule has 0 amide bonds. The lowest BCUT2D eigenvalue weighted by atomic mass is 9.87. The molecule has 1 atom stereocenters. The van der Waals surface area contributed by atoms with E-state index in [0.717, 1.165) is 25.7 Å². The van der Waals surface area contributed by atoms with Crippen LogP contribution in [-0.4, -0.2) is 17.5 Å². The molecule has 2 heteroatoms. The fraction of sp³-hybridized carbons (Fsp3) is 0.667. The number of allylic oxidation sites excluding steroid dienone is 4. The summed E-state index contributed by atoms with van der Waals surface area (Å²) in [5.74, 6) is -0.145. The van der Waals surface area contributed by atoms with E-state index in [1.807, 2.05) is 6.08 Å². The van der Waals surface area contributed by atoms with Crippen LogP contribution in [0.2, 0.25) is 0 Å². The second-order valence-corrected chi connectivity index (χ2v) is 5.75. The number of hydrogen-bond donors (Lipinski definition) is 1. The molecule has 0 radical (unpaired) electrons. The quantitative estimate of drug-likeness (QED) is 0.709. The maximum Gasteiger partial charge on any atom is 0.160 e. The molecule has 17 heavy (non-hydrogen) atoms. The topological polar surface area (TPSA) is 37.3 Å². The van der Waals surface area contributed by atoms with Crippen molar-refractivity contribution in [1.29, 1.82) is 0 Å². The van der Waals surface area contributed by atoms with E-state index in [1.54, 1.807) is 6.08 Å². The lowest BCUT2D eigenvalue weighted by Crippen LogP contribution is -2.17. The molecule has 96 valence electrons. The highest BCUT2D eigenvalue weighted by Gasteiger charge is 2.18. The average Bonchev–Trinajstić information content (AvgIpc) is 2.30. The zero-order chi connectivity index (χ0) is 12.9. The molecule has 0 heterocycles. The fourth-order valence-electron chi connectivity index (χ4n) is 2.00. The molecule has 0 bridgehead atoms. The molecule has 1 rings (SSSR count). The second-order valence-electron chi connectivity index (χ2n) is 5.75. The third-order valence-electron chi connectivity index (χ3n) is 3.42. The van der Waals surface area contributed by atoms with E-state index in [-0.39, 0.29) is 23.7 Å². The average molecular weight is 236 g/mol. The first-order valence-electron chi connectivity index (χ1n) is 6.44. The number of ketones is 1. The first-order chi connectivity index (χ1) is 7.94. The van der Waals surface area contributed by atoms with E-state index in [4.69, 9.17) is 0 Å². The van der Waals surface area contributed by atoms with Gasteiger partial charge in [0.25, 0.3) is 0 Å². The third kappa shape index (κ3) is 4.86. The molecule has 0 saturated heterocycles. The minimum absolute atomic E-state index is 0.0151. The van der Waals surface area contributed by atoms with Crippen molar-refractivity contribution in [3.63, 3.8) is 0 Å². The predicted octanol–water partition coefficient (Wildman–Crippen LogP) is 3.27. The van der Waals surface area contributed by atoms with Gasteiger partial charge in [0.15, 0.2) is 5.78 Å². The lowest BCUT2D eigenvalue weighted by molar-refractivity contribution is -0.119. The van der Waals surface area contributed by atoms with Crippen molar-refractivity contribution >= 4 is 5.78 Å². The van der Waals surface area contributed by atoms with Crippen molar-refractivity contribution in [2.45, 2.75) is 46.5 Å².